The van der Waals surface area contributed by atoms with Crippen molar-refractivity contribution in [3.8, 4) is 5.75 Å². The average Bonchev–Trinajstić information content (AvgIpc) is 2.53. The van der Waals surface area contributed by atoms with Gasteiger partial charge in [-0.3, -0.25) is 0 Å². The summed E-state index contributed by atoms with van der Waals surface area (Å²) in [5.41, 5.74) is 1.15. The minimum Gasteiger partial charge on any atom is -0.490 e. The van der Waals surface area contributed by atoms with Crippen LogP contribution in [0.25, 0.3) is 0 Å². The van der Waals surface area contributed by atoms with E-state index in [0.717, 1.165) is 24.3 Å². The van der Waals surface area contributed by atoms with Gasteiger partial charge in [-0.15, -0.1) is 0 Å². The number of hydrogen-bond donors (Lipinski definition) is 1. The smallest absolute Gasteiger partial charge is 0.124 e. The highest BCUT2D eigenvalue weighted by Gasteiger charge is 2.30. The molecule has 1 aliphatic heterocycles. The van der Waals surface area contributed by atoms with E-state index in [1.165, 1.54) is 0 Å². The molecule has 0 amide bonds. The monoisotopic (exact) mass is 295 g/mol. The summed E-state index contributed by atoms with van der Waals surface area (Å²) >= 11 is 0. The Hall–Kier alpha value is -1.14. The molecular weight excluding hydrogens is 270 g/mol. The second kappa shape index (κ2) is 9.00. The van der Waals surface area contributed by atoms with Crippen LogP contribution in [0.2, 0.25) is 0 Å². The number of para-hydroxylation sites is 1. The summed E-state index contributed by atoms with van der Waals surface area (Å²) in [5, 5.41) is 3.32. The molecule has 5 heteroatoms. The molecule has 0 bridgehead atoms. The number of methoxy groups -OCH3 is 1. The summed E-state index contributed by atoms with van der Waals surface area (Å²) in [6.45, 7) is 3.17. The first-order valence-corrected chi connectivity index (χ1v) is 7.44. The van der Waals surface area contributed by atoms with Crippen molar-refractivity contribution in [3.05, 3.63) is 29.8 Å². The quantitative estimate of drug-likeness (QED) is 0.704. The highest BCUT2D eigenvalue weighted by atomic mass is 16.6. The normalized spacial score (nSPS) is 20.9. The van der Waals surface area contributed by atoms with Gasteiger partial charge in [-0.25, -0.2) is 0 Å². The Morgan fingerprint density at radius 1 is 1.19 bits per heavy atom. The molecule has 1 N–H and O–H groups in total. The van der Waals surface area contributed by atoms with Crippen LogP contribution in [0.5, 0.6) is 5.75 Å². The predicted octanol–water partition coefficient (Wildman–Crippen LogP) is 1.78. The summed E-state index contributed by atoms with van der Waals surface area (Å²) in [4.78, 5) is 0. The van der Waals surface area contributed by atoms with Gasteiger partial charge in [0.2, 0.25) is 0 Å². The fourth-order valence-electron chi connectivity index (χ4n) is 2.49. The van der Waals surface area contributed by atoms with E-state index < -0.39 is 0 Å². The van der Waals surface area contributed by atoms with E-state index in [1.807, 2.05) is 25.2 Å². The molecule has 21 heavy (non-hydrogen) atoms. The summed E-state index contributed by atoms with van der Waals surface area (Å²) in [7, 11) is 3.65. The number of likely N-dealkylation sites (N-methyl/N-ethyl adjacent to an activating group) is 1. The highest BCUT2D eigenvalue weighted by Crippen LogP contribution is 2.32. The lowest BCUT2D eigenvalue weighted by Gasteiger charge is -2.33. The van der Waals surface area contributed by atoms with Crippen LogP contribution in [0.4, 0.5) is 0 Å². The summed E-state index contributed by atoms with van der Waals surface area (Å²) in [6.07, 6.45) is 0.919. The van der Waals surface area contributed by atoms with Crippen molar-refractivity contribution in [2.24, 2.45) is 0 Å². The fourth-order valence-corrected chi connectivity index (χ4v) is 2.49. The summed E-state index contributed by atoms with van der Waals surface area (Å²) in [5.74, 6) is 0.938. The van der Waals surface area contributed by atoms with Gasteiger partial charge in [-0.1, -0.05) is 18.2 Å². The minimum absolute atomic E-state index is 0.00692. The largest absolute Gasteiger partial charge is 0.490 e. The molecule has 5 nitrogen and oxygen atoms in total. The number of rotatable bonds is 9. The average molecular weight is 295 g/mol. The Kier molecular flexibility index (Phi) is 6.95. The Morgan fingerprint density at radius 2 is 2.05 bits per heavy atom. The number of hydrogen-bond acceptors (Lipinski definition) is 5. The lowest BCUT2D eigenvalue weighted by molar-refractivity contribution is -0.0398. The summed E-state index contributed by atoms with van der Waals surface area (Å²) < 4.78 is 22.1. The molecule has 0 fully saturated rings. The van der Waals surface area contributed by atoms with E-state index in [0.29, 0.717) is 26.4 Å². The van der Waals surface area contributed by atoms with Gasteiger partial charge in [0.1, 0.15) is 18.5 Å². The molecule has 1 aromatic rings. The van der Waals surface area contributed by atoms with Crippen molar-refractivity contribution in [3.63, 3.8) is 0 Å². The first kappa shape index (κ1) is 16.2. The van der Waals surface area contributed by atoms with Gasteiger partial charge in [-0.05, 0) is 19.5 Å². The fraction of sp³-hybridized carbons (Fsp3) is 0.625. The molecule has 2 atom stereocenters. The molecule has 0 saturated heterocycles. The maximum absolute atomic E-state index is 5.91. The zero-order valence-corrected chi connectivity index (χ0v) is 12.8. The van der Waals surface area contributed by atoms with E-state index >= 15 is 0 Å². The van der Waals surface area contributed by atoms with Gasteiger partial charge in [0, 0.05) is 25.9 Å². The Balaban J connectivity index is 1.74. The van der Waals surface area contributed by atoms with Crippen molar-refractivity contribution in [2.75, 3.05) is 47.2 Å². The van der Waals surface area contributed by atoms with Gasteiger partial charge in [0.05, 0.1) is 19.3 Å². The first-order valence-electron chi connectivity index (χ1n) is 7.44. The van der Waals surface area contributed by atoms with Crippen LogP contribution in [0, 0.1) is 0 Å². The number of ether oxygens (including phenoxy) is 4. The Labute approximate surface area is 126 Å². The maximum atomic E-state index is 5.91. The van der Waals surface area contributed by atoms with Gasteiger partial charge < -0.3 is 24.3 Å². The molecule has 1 aromatic carbocycles. The Morgan fingerprint density at radius 3 is 2.86 bits per heavy atom. The molecule has 1 aliphatic rings. The zero-order valence-electron chi connectivity index (χ0n) is 12.8. The molecule has 1 heterocycles. The SMILES string of the molecule is CNC1c2ccccc2OCC1OCCOCCCOC. The lowest BCUT2D eigenvalue weighted by atomic mass is 9.98. The van der Waals surface area contributed by atoms with Crippen molar-refractivity contribution >= 4 is 0 Å². The maximum Gasteiger partial charge on any atom is 0.124 e. The molecule has 0 spiro atoms. The predicted molar refractivity (Wildman–Crippen MR) is 80.8 cm³/mol. The molecule has 0 radical (unpaired) electrons. The van der Waals surface area contributed by atoms with Gasteiger partial charge in [0.25, 0.3) is 0 Å². The lowest BCUT2D eigenvalue weighted by Crippen LogP contribution is -2.40. The molecule has 2 rings (SSSR count). The van der Waals surface area contributed by atoms with Crippen molar-refractivity contribution in [2.45, 2.75) is 18.6 Å². The number of fused-ring (bicyclic) bond motifs is 1. The van der Waals surface area contributed by atoms with Gasteiger partial charge in [-0.2, -0.15) is 0 Å². The molecule has 0 aliphatic carbocycles. The van der Waals surface area contributed by atoms with E-state index in [2.05, 4.69) is 11.4 Å². The molecular formula is C16H25NO4. The van der Waals surface area contributed by atoms with Crippen LogP contribution in [-0.2, 0) is 14.2 Å². The van der Waals surface area contributed by atoms with Crippen LogP contribution in [0.3, 0.4) is 0 Å². The first-order chi connectivity index (χ1) is 10.4. The van der Waals surface area contributed by atoms with Gasteiger partial charge >= 0.3 is 0 Å². The van der Waals surface area contributed by atoms with Crippen molar-refractivity contribution in [1.82, 2.24) is 5.32 Å². The van der Waals surface area contributed by atoms with Crippen LogP contribution in [0.15, 0.2) is 24.3 Å². The molecule has 0 aromatic heterocycles. The third kappa shape index (κ3) is 4.68. The molecule has 118 valence electrons. The topological polar surface area (TPSA) is 49.0 Å². The van der Waals surface area contributed by atoms with E-state index in [4.69, 9.17) is 18.9 Å². The van der Waals surface area contributed by atoms with E-state index in [-0.39, 0.29) is 12.1 Å². The second-order valence-electron chi connectivity index (χ2n) is 4.98. The molecule has 2 unspecified atom stereocenters. The second-order valence-corrected chi connectivity index (χ2v) is 4.98. The summed E-state index contributed by atoms with van der Waals surface area (Å²) in [6, 6.07) is 8.24. The molecule has 0 saturated carbocycles. The van der Waals surface area contributed by atoms with Crippen LogP contribution in [-0.4, -0.2) is 53.3 Å². The third-order valence-electron chi connectivity index (χ3n) is 3.54. The van der Waals surface area contributed by atoms with E-state index in [9.17, 15) is 0 Å². The standard InChI is InChI=1S/C16H25NO4/c1-17-16-13-6-3-4-7-14(13)21-12-15(16)20-11-10-19-9-5-8-18-2/h3-4,6-7,15-17H,5,8-12H2,1-2H3. The van der Waals surface area contributed by atoms with Gasteiger partial charge in [0.15, 0.2) is 0 Å². The van der Waals surface area contributed by atoms with E-state index in [1.54, 1.807) is 7.11 Å². The van der Waals surface area contributed by atoms with Crippen LogP contribution >= 0.6 is 0 Å². The highest BCUT2D eigenvalue weighted by molar-refractivity contribution is 5.38. The van der Waals surface area contributed by atoms with Crippen LogP contribution < -0.4 is 10.1 Å². The van der Waals surface area contributed by atoms with Crippen molar-refractivity contribution < 1.29 is 18.9 Å². The van der Waals surface area contributed by atoms with Crippen LogP contribution in [0.1, 0.15) is 18.0 Å². The Bertz CT molecular complexity index is 413. The number of nitrogens with one attached hydrogen (secondary N) is 1. The zero-order chi connectivity index (χ0) is 14.9. The number of benzene rings is 1. The third-order valence-corrected chi connectivity index (χ3v) is 3.54. The van der Waals surface area contributed by atoms with Crippen molar-refractivity contribution in [1.29, 1.82) is 0 Å². The minimum atomic E-state index is 0.00692.